The molecule has 2 fully saturated rings. The molecule has 0 bridgehead atoms. The normalized spacial score (nSPS) is 27.9. The van der Waals surface area contributed by atoms with Gasteiger partial charge in [-0.2, -0.15) is 0 Å². The Labute approximate surface area is 302 Å². The minimum atomic E-state index is -1.73. The number of non-ortho nitro benzene ring substituents is 1. The van der Waals surface area contributed by atoms with Crippen LogP contribution in [0.2, 0.25) is 0 Å². The average molecular weight is 756 g/mol. The summed E-state index contributed by atoms with van der Waals surface area (Å²) < 4.78 is 51.5. The van der Waals surface area contributed by atoms with Crippen LogP contribution in [-0.2, 0) is 71.5 Å². The second-order valence-electron chi connectivity index (χ2n) is 11.8. The number of hydrogen-bond acceptors (Lipinski definition) is 18. The molecule has 21 nitrogen and oxygen atoms in total. The number of nitrogens with zero attached hydrogens (tertiary/aromatic N) is 1. The number of benzene rings is 1. The van der Waals surface area contributed by atoms with Crippen molar-refractivity contribution >= 4 is 47.3 Å². The van der Waals surface area contributed by atoms with E-state index in [1.54, 1.807) is 0 Å². The number of carbonyl (C=O) groups is 7. The van der Waals surface area contributed by atoms with Gasteiger partial charge < -0.3 is 53.3 Å². The number of amides is 2. The third kappa shape index (κ3) is 12.4. The molecule has 0 radical (unpaired) electrons. The Bertz CT molecular complexity index is 1540. The third-order valence-corrected chi connectivity index (χ3v) is 7.43. The number of nitro benzene ring substituents is 1. The predicted octanol–water partition coefficient (Wildman–Crippen LogP) is -0.261. The van der Waals surface area contributed by atoms with Crippen molar-refractivity contribution in [2.75, 3.05) is 13.2 Å². The van der Waals surface area contributed by atoms with Crippen LogP contribution in [0.3, 0.4) is 0 Å². The molecular formula is C32H41N3O18. The molecule has 53 heavy (non-hydrogen) atoms. The smallest absolute Gasteiger partial charge is 0.303 e. The monoisotopic (exact) mass is 755 g/mol. The Morgan fingerprint density at radius 2 is 1.04 bits per heavy atom. The van der Waals surface area contributed by atoms with Gasteiger partial charge in [-0.05, 0) is 12.1 Å². The van der Waals surface area contributed by atoms with Crippen LogP contribution in [0.5, 0.6) is 5.75 Å². The molecule has 0 saturated carbocycles. The Morgan fingerprint density at radius 3 is 1.45 bits per heavy atom. The third-order valence-electron chi connectivity index (χ3n) is 7.43. The highest BCUT2D eigenvalue weighted by atomic mass is 16.7. The lowest BCUT2D eigenvalue weighted by Crippen LogP contribution is -2.71. The number of nitrogens with one attached hydrogen (secondary N) is 2. The minimum Gasteiger partial charge on any atom is -0.463 e. The molecule has 2 amide bonds. The predicted molar refractivity (Wildman–Crippen MR) is 171 cm³/mol. The van der Waals surface area contributed by atoms with E-state index in [4.69, 9.17) is 42.6 Å². The number of rotatable bonds is 14. The summed E-state index contributed by atoms with van der Waals surface area (Å²) >= 11 is 0. The molecule has 1 aromatic rings. The summed E-state index contributed by atoms with van der Waals surface area (Å²) in [5, 5.41) is 16.4. The molecule has 2 heterocycles. The Balaban J connectivity index is 2.21. The number of nitro groups is 1. The van der Waals surface area contributed by atoms with Gasteiger partial charge in [0.15, 0.2) is 24.6 Å². The molecule has 21 heteroatoms. The molecular weight excluding hydrogens is 714 g/mol. The van der Waals surface area contributed by atoms with E-state index in [1.165, 1.54) is 12.1 Å². The first-order chi connectivity index (χ1) is 24.9. The van der Waals surface area contributed by atoms with Gasteiger partial charge >= 0.3 is 29.8 Å². The molecule has 2 N–H and O–H groups in total. The van der Waals surface area contributed by atoms with Crippen molar-refractivity contribution < 1.29 is 81.1 Å². The topological polar surface area (TPSA) is 270 Å². The highest BCUT2D eigenvalue weighted by Crippen LogP contribution is 2.34. The lowest BCUT2D eigenvalue weighted by Gasteiger charge is -2.49. The second kappa shape index (κ2) is 18.9. The molecule has 2 aliphatic rings. The molecule has 292 valence electrons. The number of esters is 5. The molecule has 10 unspecified atom stereocenters. The van der Waals surface area contributed by atoms with Crippen molar-refractivity contribution in [3.8, 4) is 5.75 Å². The molecule has 2 aliphatic heterocycles. The van der Waals surface area contributed by atoms with Gasteiger partial charge in [-0.15, -0.1) is 0 Å². The van der Waals surface area contributed by atoms with E-state index in [0.717, 1.165) is 60.6 Å². The highest BCUT2D eigenvalue weighted by molar-refractivity contribution is 5.74. The van der Waals surface area contributed by atoms with Crippen LogP contribution in [0.1, 0.15) is 48.5 Å². The van der Waals surface area contributed by atoms with E-state index in [0.29, 0.717) is 0 Å². The molecule has 3 rings (SSSR count). The second-order valence-corrected chi connectivity index (χ2v) is 11.8. The van der Waals surface area contributed by atoms with E-state index in [9.17, 15) is 43.7 Å². The quantitative estimate of drug-likeness (QED) is 0.107. The minimum absolute atomic E-state index is 0.0116. The van der Waals surface area contributed by atoms with Crippen LogP contribution in [-0.4, -0.2) is 121 Å². The summed E-state index contributed by atoms with van der Waals surface area (Å²) in [4.78, 5) is 96.5. The number of carbonyl (C=O) groups excluding carboxylic acids is 7. The van der Waals surface area contributed by atoms with Crippen LogP contribution in [0.4, 0.5) is 5.69 Å². The van der Waals surface area contributed by atoms with Crippen LogP contribution in [0, 0.1) is 10.1 Å². The summed E-state index contributed by atoms with van der Waals surface area (Å²) in [7, 11) is 0. The van der Waals surface area contributed by atoms with E-state index < -0.39 is 121 Å². The van der Waals surface area contributed by atoms with Crippen molar-refractivity contribution in [1.29, 1.82) is 0 Å². The van der Waals surface area contributed by atoms with Gasteiger partial charge in [0.2, 0.25) is 18.1 Å². The van der Waals surface area contributed by atoms with Gasteiger partial charge in [0, 0.05) is 60.6 Å². The van der Waals surface area contributed by atoms with Crippen molar-refractivity contribution in [3.05, 3.63) is 34.4 Å². The first-order valence-corrected chi connectivity index (χ1v) is 16.1. The average Bonchev–Trinajstić information content (AvgIpc) is 3.03. The lowest BCUT2D eigenvalue weighted by atomic mass is 9.93. The van der Waals surface area contributed by atoms with Crippen LogP contribution in [0.25, 0.3) is 0 Å². The van der Waals surface area contributed by atoms with Gasteiger partial charge in [0.1, 0.15) is 49.4 Å². The van der Waals surface area contributed by atoms with Crippen LogP contribution in [0.15, 0.2) is 24.3 Å². The summed E-state index contributed by atoms with van der Waals surface area (Å²) in [5.74, 6) is -5.48. The maximum atomic E-state index is 12.7. The van der Waals surface area contributed by atoms with Crippen molar-refractivity contribution in [2.24, 2.45) is 0 Å². The first kappa shape index (κ1) is 42.0. The van der Waals surface area contributed by atoms with Gasteiger partial charge in [0.25, 0.3) is 5.69 Å². The fourth-order valence-electron chi connectivity index (χ4n) is 5.56. The van der Waals surface area contributed by atoms with E-state index >= 15 is 0 Å². The first-order valence-electron chi connectivity index (χ1n) is 16.1. The molecule has 1 aromatic carbocycles. The fraction of sp³-hybridized carbons (Fsp3) is 0.594. The van der Waals surface area contributed by atoms with Crippen molar-refractivity contribution in [2.45, 2.75) is 110 Å². The highest BCUT2D eigenvalue weighted by Gasteiger charge is 2.56. The Hall–Kier alpha value is -5.41. The zero-order valence-electron chi connectivity index (χ0n) is 29.8. The summed E-state index contributed by atoms with van der Waals surface area (Å²) in [6.07, 6.45) is -12.2. The zero-order chi connectivity index (χ0) is 39.6. The van der Waals surface area contributed by atoms with Gasteiger partial charge in [-0.3, -0.25) is 43.7 Å². The number of ether oxygens (including phenoxy) is 9. The molecule has 0 aliphatic carbocycles. The summed E-state index contributed by atoms with van der Waals surface area (Å²) in [5.41, 5.74) is -0.264. The van der Waals surface area contributed by atoms with Crippen molar-refractivity contribution in [3.63, 3.8) is 0 Å². The molecule has 0 spiro atoms. The summed E-state index contributed by atoms with van der Waals surface area (Å²) in [6.45, 7) is 6.49. The van der Waals surface area contributed by atoms with E-state index in [2.05, 4.69) is 10.6 Å². The van der Waals surface area contributed by atoms with E-state index in [-0.39, 0.29) is 11.4 Å². The zero-order valence-corrected chi connectivity index (χ0v) is 29.8. The molecule has 10 atom stereocenters. The fourth-order valence-corrected chi connectivity index (χ4v) is 5.56. The van der Waals surface area contributed by atoms with Crippen molar-refractivity contribution in [1.82, 2.24) is 10.6 Å². The maximum absolute atomic E-state index is 12.7. The van der Waals surface area contributed by atoms with Gasteiger partial charge in [-0.1, -0.05) is 0 Å². The SMILES string of the molecule is CC(=O)NC1C(OC2C(NC(C)=O)C(Oc3ccc([N+](=O)[O-])cc3)OC(COC(C)=O)C2OC(C)=O)OC(COC(C)=O)C(OC(C)=O)C1OC(C)=O. The number of hydrogen-bond donors (Lipinski definition) is 2. The molecule has 0 aromatic heterocycles. The van der Waals surface area contributed by atoms with Crippen LogP contribution < -0.4 is 15.4 Å². The summed E-state index contributed by atoms with van der Waals surface area (Å²) in [6, 6.07) is 1.85. The van der Waals surface area contributed by atoms with Gasteiger partial charge in [0.05, 0.1) is 4.92 Å². The Morgan fingerprint density at radius 1 is 0.623 bits per heavy atom. The van der Waals surface area contributed by atoms with Crippen LogP contribution >= 0.6 is 0 Å². The Kier molecular flexibility index (Phi) is 15.0. The largest absolute Gasteiger partial charge is 0.463 e. The standard InChI is InChI=1S/C32H41N3O18/c1-14(36)33-25-29(49-20(7)42)27(47-18(5)40)23(12-45-16(3)38)52-32(25)53-30-26(34-15(2)37)31(50-22-10-8-21(9-11-22)35(43)44)51-24(13-46-17(4)39)28(30)48-19(6)41/h8-11,23-32H,12-13H2,1-7H3,(H,33,36)(H,34,37). The van der Waals surface area contributed by atoms with Gasteiger partial charge in [-0.25, -0.2) is 0 Å². The molecule has 2 saturated heterocycles. The van der Waals surface area contributed by atoms with E-state index in [1.807, 2.05) is 0 Å². The lowest BCUT2D eigenvalue weighted by molar-refractivity contribution is -0.384. The maximum Gasteiger partial charge on any atom is 0.303 e.